The Morgan fingerprint density at radius 1 is 1.19 bits per heavy atom. The highest BCUT2D eigenvalue weighted by atomic mass is 16.7. The third-order valence-corrected chi connectivity index (χ3v) is 6.43. The SMILES string of the molecule is COC(OC)C1CCC2N1C1C=C(c3ccccc3)C3=CC(=O)OC32C1. The molecule has 1 aromatic carbocycles. The van der Waals surface area contributed by atoms with Crippen LogP contribution in [0, 0.1) is 0 Å². The van der Waals surface area contributed by atoms with E-state index in [4.69, 9.17) is 14.2 Å². The molecule has 4 aliphatic rings. The van der Waals surface area contributed by atoms with Gasteiger partial charge in [-0.1, -0.05) is 36.4 Å². The topological polar surface area (TPSA) is 48.0 Å². The summed E-state index contributed by atoms with van der Waals surface area (Å²) < 4.78 is 17.2. The molecule has 5 heteroatoms. The molecule has 0 aromatic heterocycles. The van der Waals surface area contributed by atoms with Gasteiger partial charge in [-0.25, -0.2) is 4.79 Å². The van der Waals surface area contributed by atoms with Crippen molar-refractivity contribution in [2.45, 2.75) is 49.3 Å². The summed E-state index contributed by atoms with van der Waals surface area (Å²) in [5.41, 5.74) is 2.79. The normalized spacial score (nSPS) is 35.2. The van der Waals surface area contributed by atoms with E-state index in [1.807, 2.05) is 18.2 Å². The van der Waals surface area contributed by atoms with Crippen LogP contribution in [0.4, 0.5) is 0 Å². The molecule has 2 fully saturated rings. The zero-order chi connectivity index (χ0) is 17.9. The summed E-state index contributed by atoms with van der Waals surface area (Å²) in [4.78, 5) is 14.8. The van der Waals surface area contributed by atoms with Crippen molar-refractivity contribution < 1.29 is 19.0 Å². The summed E-state index contributed by atoms with van der Waals surface area (Å²) in [6, 6.07) is 10.9. The smallest absolute Gasteiger partial charge is 0.332 e. The molecular weight excluding hydrogens is 330 g/mol. The van der Waals surface area contributed by atoms with Gasteiger partial charge < -0.3 is 14.2 Å². The Hall–Kier alpha value is -1.95. The maximum absolute atomic E-state index is 12.3. The average molecular weight is 353 g/mol. The Labute approximate surface area is 153 Å². The summed E-state index contributed by atoms with van der Waals surface area (Å²) in [7, 11) is 3.38. The molecule has 1 spiro atoms. The molecule has 26 heavy (non-hydrogen) atoms. The predicted molar refractivity (Wildman–Crippen MR) is 96.2 cm³/mol. The van der Waals surface area contributed by atoms with Crippen LogP contribution in [0.3, 0.4) is 0 Å². The first kappa shape index (κ1) is 16.2. The number of fused-ring (bicyclic) bond motifs is 3. The third kappa shape index (κ3) is 2.05. The second-order valence-electron chi connectivity index (χ2n) is 7.53. The number of hydrogen-bond donors (Lipinski definition) is 0. The van der Waals surface area contributed by atoms with Crippen LogP contribution in [0.25, 0.3) is 5.57 Å². The van der Waals surface area contributed by atoms with Gasteiger partial charge in [0, 0.05) is 38.3 Å². The molecule has 0 amide bonds. The van der Waals surface area contributed by atoms with E-state index in [0.717, 1.165) is 36.0 Å². The molecule has 0 N–H and O–H groups in total. The van der Waals surface area contributed by atoms with Crippen LogP contribution < -0.4 is 0 Å². The molecule has 2 saturated heterocycles. The van der Waals surface area contributed by atoms with Crippen molar-refractivity contribution in [3.05, 3.63) is 53.6 Å². The van der Waals surface area contributed by atoms with E-state index in [1.54, 1.807) is 20.3 Å². The first-order valence-electron chi connectivity index (χ1n) is 9.24. The van der Waals surface area contributed by atoms with Crippen LogP contribution in [0.1, 0.15) is 24.8 Å². The Morgan fingerprint density at radius 3 is 2.69 bits per heavy atom. The fourth-order valence-corrected chi connectivity index (χ4v) is 5.55. The maximum atomic E-state index is 12.3. The van der Waals surface area contributed by atoms with Gasteiger partial charge in [-0.15, -0.1) is 0 Å². The number of carbonyl (C=O) groups excluding carboxylic acids is 1. The Morgan fingerprint density at radius 2 is 1.96 bits per heavy atom. The van der Waals surface area contributed by atoms with Gasteiger partial charge in [-0.2, -0.15) is 0 Å². The average Bonchev–Trinajstić information content (AvgIpc) is 3.30. The minimum Gasteiger partial charge on any atom is -0.449 e. The summed E-state index contributed by atoms with van der Waals surface area (Å²) in [5, 5.41) is 0. The quantitative estimate of drug-likeness (QED) is 0.615. The second-order valence-corrected chi connectivity index (χ2v) is 7.53. The zero-order valence-corrected chi connectivity index (χ0v) is 15.1. The van der Waals surface area contributed by atoms with E-state index in [1.165, 1.54) is 0 Å². The van der Waals surface area contributed by atoms with Gasteiger partial charge in [-0.05, 0) is 24.0 Å². The standard InChI is InChI=1S/C21H23NO4/c1-24-20(25-2)17-8-9-18-21-12-14(22(17)18)10-15(13-6-4-3-5-7-13)16(21)11-19(23)26-21/h3-7,10-11,14,17-18,20H,8-9,12H2,1-2H3. The van der Waals surface area contributed by atoms with Crippen molar-refractivity contribution in [1.82, 2.24) is 4.90 Å². The van der Waals surface area contributed by atoms with Crippen molar-refractivity contribution in [2.24, 2.45) is 0 Å². The van der Waals surface area contributed by atoms with E-state index in [2.05, 4.69) is 23.1 Å². The van der Waals surface area contributed by atoms with Crippen LogP contribution in [-0.4, -0.2) is 55.1 Å². The summed E-state index contributed by atoms with van der Waals surface area (Å²) in [6.45, 7) is 0. The molecule has 2 bridgehead atoms. The summed E-state index contributed by atoms with van der Waals surface area (Å²) in [6.07, 6.45) is 6.52. The minimum atomic E-state index is -0.525. The van der Waals surface area contributed by atoms with Crippen molar-refractivity contribution in [2.75, 3.05) is 14.2 Å². The van der Waals surface area contributed by atoms with Crippen molar-refractivity contribution in [3.8, 4) is 0 Å². The number of rotatable bonds is 4. The van der Waals surface area contributed by atoms with Gasteiger partial charge >= 0.3 is 5.97 Å². The lowest BCUT2D eigenvalue weighted by Gasteiger charge is -2.34. The van der Waals surface area contributed by atoms with Crippen LogP contribution in [-0.2, 0) is 19.0 Å². The van der Waals surface area contributed by atoms with Gasteiger partial charge in [0.05, 0.1) is 12.1 Å². The molecular formula is C21H23NO4. The van der Waals surface area contributed by atoms with Crippen LogP contribution >= 0.6 is 0 Å². The third-order valence-electron chi connectivity index (χ3n) is 6.43. The van der Waals surface area contributed by atoms with Gasteiger partial charge in [0.15, 0.2) is 11.9 Å². The highest BCUT2D eigenvalue weighted by molar-refractivity contribution is 5.97. The molecule has 0 saturated carbocycles. The van der Waals surface area contributed by atoms with Crippen LogP contribution in [0.5, 0.6) is 0 Å². The van der Waals surface area contributed by atoms with Gasteiger partial charge in [0.1, 0.15) is 0 Å². The molecule has 3 heterocycles. The highest BCUT2D eigenvalue weighted by Gasteiger charge is 2.65. The summed E-state index contributed by atoms with van der Waals surface area (Å²) >= 11 is 0. The lowest BCUT2D eigenvalue weighted by atomic mass is 9.75. The highest BCUT2D eigenvalue weighted by Crippen LogP contribution is 2.57. The Kier molecular flexibility index (Phi) is 3.61. The lowest BCUT2D eigenvalue weighted by Crippen LogP contribution is -2.48. The first-order valence-corrected chi connectivity index (χ1v) is 9.24. The molecule has 5 nitrogen and oxygen atoms in total. The van der Waals surface area contributed by atoms with Crippen LogP contribution in [0.15, 0.2) is 48.1 Å². The molecule has 1 aliphatic carbocycles. The Bertz CT molecular complexity index is 797. The molecule has 136 valence electrons. The molecule has 3 aliphatic heterocycles. The monoisotopic (exact) mass is 353 g/mol. The molecule has 4 unspecified atom stereocenters. The van der Waals surface area contributed by atoms with E-state index in [0.29, 0.717) is 0 Å². The molecule has 0 radical (unpaired) electrons. The van der Waals surface area contributed by atoms with E-state index in [-0.39, 0.29) is 30.4 Å². The number of methoxy groups -OCH3 is 2. The van der Waals surface area contributed by atoms with Crippen molar-refractivity contribution >= 4 is 11.5 Å². The largest absolute Gasteiger partial charge is 0.449 e. The van der Waals surface area contributed by atoms with E-state index < -0.39 is 5.60 Å². The fourth-order valence-electron chi connectivity index (χ4n) is 5.55. The maximum Gasteiger partial charge on any atom is 0.332 e. The van der Waals surface area contributed by atoms with Gasteiger partial charge in [-0.3, -0.25) is 4.90 Å². The first-order chi connectivity index (χ1) is 12.7. The fraction of sp³-hybridized carbons (Fsp3) is 0.476. The molecule has 1 aromatic rings. The van der Waals surface area contributed by atoms with E-state index >= 15 is 0 Å². The van der Waals surface area contributed by atoms with E-state index in [9.17, 15) is 4.79 Å². The number of ether oxygens (including phenoxy) is 3. The number of nitrogens with zero attached hydrogens (tertiary/aromatic N) is 1. The lowest BCUT2D eigenvalue weighted by molar-refractivity contribution is -0.151. The molecule has 4 atom stereocenters. The predicted octanol–water partition coefficient (Wildman–Crippen LogP) is 2.53. The Balaban J connectivity index is 1.62. The number of esters is 1. The zero-order valence-electron chi connectivity index (χ0n) is 15.1. The molecule has 5 rings (SSSR count). The van der Waals surface area contributed by atoms with Crippen LogP contribution in [0.2, 0.25) is 0 Å². The number of hydrogen-bond acceptors (Lipinski definition) is 5. The minimum absolute atomic E-state index is 0.173. The van der Waals surface area contributed by atoms with Gasteiger partial charge in [0.2, 0.25) is 0 Å². The number of carbonyl (C=O) groups is 1. The van der Waals surface area contributed by atoms with Gasteiger partial charge in [0.25, 0.3) is 0 Å². The summed E-state index contributed by atoms with van der Waals surface area (Å²) in [5.74, 6) is -0.220. The van der Waals surface area contributed by atoms with Crippen molar-refractivity contribution in [1.29, 1.82) is 0 Å². The second kappa shape index (κ2) is 5.78. The number of benzene rings is 1. The van der Waals surface area contributed by atoms with Crippen molar-refractivity contribution in [3.63, 3.8) is 0 Å².